The van der Waals surface area contributed by atoms with Crippen molar-refractivity contribution in [1.29, 1.82) is 0 Å². The number of nitrogens with zero attached hydrogens (tertiary/aromatic N) is 4. The third-order valence-corrected chi connectivity index (χ3v) is 3.63. The molecule has 0 spiro atoms. The van der Waals surface area contributed by atoms with Gasteiger partial charge in [0.1, 0.15) is 0 Å². The average Bonchev–Trinajstić information content (AvgIpc) is 2.52. The van der Waals surface area contributed by atoms with Crippen LogP contribution >= 0.6 is 0 Å². The fourth-order valence-electron chi connectivity index (χ4n) is 2.45. The van der Waals surface area contributed by atoms with Crippen molar-refractivity contribution in [3.8, 4) is 0 Å². The molecule has 1 aliphatic heterocycles. The van der Waals surface area contributed by atoms with Crippen molar-refractivity contribution < 1.29 is 0 Å². The summed E-state index contributed by atoms with van der Waals surface area (Å²) in [5.41, 5.74) is 2.53. The van der Waals surface area contributed by atoms with Crippen molar-refractivity contribution >= 4 is 17.8 Å². The number of nitrogens with one attached hydrogen (secondary N) is 2. The molecule has 7 heteroatoms. The van der Waals surface area contributed by atoms with Crippen LogP contribution in [0.1, 0.15) is 46.0 Å². The third kappa shape index (κ3) is 5.00. The number of hydrogen-bond donors (Lipinski definition) is 3. The molecule has 7 nitrogen and oxygen atoms in total. The van der Waals surface area contributed by atoms with E-state index >= 15 is 0 Å². The van der Waals surface area contributed by atoms with Crippen LogP contribution in [0.2, 0.25) is 0 Å². The van der Waals surface area contributed by atoms with Gasteiger partial charge in [0, 0.05) is 19.6 Å². The summed E-state index contributed by atoms with van der Waals surface area (Å²) >= 11 is 0. The number of piperidine rings is 1. The average molecular weight is 293 g/mol. The molecule has 0 unspecified atom stereocenters. The summed E-state index contributed by atoms with van der Waals surface area (Å²) in [5.74, 6) is 7.91. The second-order valence-corrected chi connectivity index (χ2v) is 5.94. The second-order valence-electron chi connectivity index (χ2n) is 5.94. The van der Waals surface area contributed by atoms with Gasteiger partial charge in [-0.3, -0.25) is 5.43 Å². The molecule has 0 saturated carbocycles. The van der Waals surface area contributed by atoms with E-state index in [1.54, 1.807) is 0 Å². The first kappa shape index (κ1) is 15.8. The molecule has 0 bridgehead atoms. The molecule has 1 aromatic heterocycles. The zero-order valence-corrected chi connectivity index (χ0v) is 13.1. The Morgan fingerprint density at radius 3 is 2.48 bits per heavy atom. The zero-order valence-electron chi connectivity index (χ0n) is 13.1. The molecule has 0 radical (unpaired) electrons. The molecule has 2 rings (SSSR count). The van der Waals surface area contributed by atoms with Crippen LogP contribution in [-0.2, 0) is 0 Å². The van der Waals surface area contributed by atoms with E-state index in [0.29, 0.717) is 17.8 Å². The molecular weight excluding hydrogens is 266 g/mol. The molecule has 1 saturated heterocycles. The van der Waals surface area contributed by atoms with Crippen molar-refractivity contribution in [3.63, 3.8) is 0 Å². The lowest BCUT2D eigenvalue weighted by Gasteiger charge is -2.26. The lowest BCUT2D eigenvalue weighted by Crippen LogP contribution is -2.31. The Labute approximate surface area is 126 Å². The van der Waals surface area contributed by atoms with Crippen molar-refractivity contribution in [3.05, 3.63) is 0 Å². The van der Waals surface area contributed by atoms with Crippen molar-refractivity contribution in [2.45, 2.75) is 46.0 Å². The maximum atomic E-state index is 5.46. The van der Waals surface area contributed by atoms with Crippen molar-refractivity contribution in [2.75, 3.05) is 35.3 Å². The molecule has 4 N–H and O–H groups in total. The van der Waals surface area contributed by atoms with Gasteiger partial charge in [-0.1, -0.05) is 13.8 Å². The third-order valence-electron chi connectivity index (χ3n) is 3.63. The Hall–Kier alpha value is -1.63. The molecule has 0 aromatic carbocycles. The van der Waals surface area contributed by atoms with Gasteiger partial charge in [-0.25, -0.2) is 5.84 Å². The summed E-state index contributed by atoms with van der Waals surface area (Å²) in [4.78, 5) is 15.3. The second kappa shape index (κ2) is 7.97. The van der Waals surface area contributed by atoms with E-state index in [2.05, 4.69) is 44.4 Å². The minimum absolute atomic E-state index is 0.414. The Morgan fingerprint density at radius 2 is 1.81 bits per heavy atom. The van der Waals surface area contributed by atoms with E-state index in [9.17, 15) is 0 Å². The Morgan fingerprint density at radius 1 is 1.10 bits per heavy atom. The van der Waals surface area contributed by atoms with E-state index < -0.39 is 0 Å². The summed E-state index contributed by atoms with van der Waals surface area (Å²) in [7, 11) is 0. The lowest BCUT2D eigenvalue weighted by molar-refractivity contribution is 0.564. The van der Waals surface area contributed by atoms with E-state index in [1.165, 1.54) is 25.7 Å². The summed E-state index contributed by atoms with van der Waals surface area (Å²) in [6, 6.07) is 0. The quantitative estimate of drug-likeness (QED) is 0.402. The molecule has 2 heterocycles. The first-order valence-corrected chi connectivity index (χ1v) is 7.90. The number of hydrazine groups is 1. The van der Waals surface area contributed by atoms with Gasteiger partial charge in [-0.05, 0) is 38.0 Å². The fourth-order valence-corrected chi connectivity index (χ4v) is 2.45. The van der Waals surface area contributed by atoms with Crippen LogP contribution in [0.3, 0.4) is 0 Å². The molecule has 21 heavy (non-hydrogen) atoms. The monoisotopic (exact) mass is 293 g/mol. The fraction of sp³-hybridized carbons (Fsp3) is 0.786. The summed E-state index contributed by atoms with van der Waals surface area (Å²) in [6.07, 6.45) is 5.96. The maximum absolute atomic E-state index is 5.46. The highest BCUT2D eigenvalue weighted by molar-refractivity contribution is 5.43. The van der Waals surface area contributed by atoms with Crippen LogP contribution in [0, 0.1) is 5.92 Å². The molecule has 1 aliphatic rings. The maximum Gasteiger partial charge on any atom is 0.243 e. The smallest absolute Gasteiger partial charge is 0.243 e. The van der Waals surface area contributed by atoms with Gasteiger partial charge < -0.3 is 10.2 Å². The first-order chi connectivity index (χ1) is 10.2. The molecule has 0 atom stereocenters. The Bertz CT molecular complexity index is 429. The van der Waals surface area contributed by atoms with E-state index in [-0.39, 0.29) is 0 Å². The number of nitrogens with two attached hydrogens (primary N) is 1. The van der Waals surface area contributed by atoms with E-state index in [1.807, 2.05) is 0 Å². The Kier molecular flexibility index (Phi) is 5.98. The number of hydrogen-bond acceptors (Lipinski definition) is 7. The van der Waals surface area contributed by atoms with Gasteiger partial charge in [0.25, 0.3) is 0 Å². The highest BCUT2D eigenvalue weighted by Crippen LogP contribution is 2.18. The SMILES string of the molecule is CC(C)CCCNc1nc(NN)nc(N2CCCCC2)n1. The standard InChI is InChI=1S/C14H27N7/c1-11(2)7-6-8-16-12-17-13(20-15)19-14(18-12)21-9-4-3-5-10-21/h11H,3-10,15H2,1-2H3,(H2,16,17,18,19,20). The van der Waals surface area contributed by atoms with Gasteiger partial charge in [-0.15, -0.1) is 0 Å². The van der Waals surface area contributed by atoms with Crippen molar-refractivity contribution in [1.82, 2.24) is 15.0 Å². The van der Waals surface area contributed by atoms with E-state index in [4.69, 9.17) is 5.84 Å². The van der Waals surface area contributed by atoms with E-state index in [0.717, 1.165) is 32.0 Å². The number of aromatic nitrogens is 3. The van der Waals surface area contributed by atoms with Crippen LogP contribution in [0.5, 0.6) is 0 Å². The predicted molar refractivity (Wildman–Crippen MR) is 86.3 cm³/mol. The van der Waals surface area contributed by atoms with Gasteiger partial charge in [0.05, 0.1) is 0 Å². The number of nitrogen functional groups attached to an aromatic ring is 1. The van der Waals surface area contributed by atoms with Crippen LogP contribution in [-0.4, -0.2) is 34.6 Å². The predicted octanol–water partition coefficient (Wildman–Crippen LogP) is 2.00. The Balaban J connectivity index is 1.99. The minimum Gasteiger partial charge on any atom is -0.354 e. The molecule has 0 amide bonds. The summed E-state index contributed by atoms with van der Waals surface area (Å²) in [6.45, 7) is 7.33. The molecule has 118 valence electrons. The lowest BCUT2D eigenvalue weighted by atomic mass is 10.1. The number of rotatable bonds is 7. The molecular formula is C14H27N7. The normalized spacial score (nSPS) is 15.3. The first-order valence-electron chi connectivity index (χ1n) is 7.90. The van der Waals surface area contributed by atoms with Gasteiger partial charge in [-0.2, -0.15) is 15.0 Å². The number of anilines is 3. The van der Waals surface area contributed by atoms with Gasteiger partial charge >= 0.3 is 0 Å². The highest BCUT2D eigenvalue weighted by Gasteiger charge is 2.15. The van der Waals surface area contributed by atoms with Crippen LogP contribution in [0.4, 0.5) is 17.8 Å². The molecule has 0 aliphatic carbocycles. The minimum atomic E-state index is 0.414. The van der Waals surface area contributed by atoms with Crippen LogP contribution in [0.25, 0.3) is 0 Å². The molecule has 1 aromatic rings. The topological polar surface area (TPSA) is 92.0 Å². The summed E-state index contributed by atoms with van der Waals surface area (Å²) in [5, 5.41) is 3.27. The summed E-state index contributed by atoms with van der Waals surface area (Å²) < 4.78 is 0. The van der Waals surface area contributed by atoms with Crippen molar-refractivity contribution in [2.24, 2.45) is 11.8 Å². The molecule has 1 fully saturated rings. The van der Waals surface area contributed by atoms with Crippen LogP contribution in [0.15, 0.2) is 0 Å². The zero-order chi connectivity index (χ0) is 15.1. The largest absolute Gasteiger partial charge is 0.354 e. The van der Waals surface area contributed by atoms with Crippen LogP contribution < -0.4 is 21.5 Å². The van der Waals surface area contributed by atoms with Gasteiger partial charge in [0.2, 0.25) is 17.8 Å². The highest BCUT2D eigenvalue weighted by atomic mass is 15.4. The van der Waals surface area contributed by atoms with Gasteiger partial charge in [0.15, 0.2) is 0 Å².